The highest BCUT2D eigenvalue weighted by Crippen LogP contribution is 2.56. The van der Waals surface area contributed by atoms with Crippen molar-refractivity contribution in [1.82, 2.24) is 0 Å². The molecular weight excluding hydrogens is 348 g/mol. The highest BCUT2D eigenvalue weighted by Gasteiger charge is 2.46. The molecule has 4 aromatic rings. The molecule has 0 unspecified atom stereocenters. The molecule has 0 nitrogen and oxygen atoms in total. The number of hydrogen-bond acceptors (Lipinski definition) is 0. The molecule has 0 aliphatic heterocycles. The van der Waals surface area contributed by atoms with E-state index in [1.807, 2.05) is 0 Å². The van der Waals surface area contributed by atoms with Crippen molar-refractivity contribution in [2.24, 2.45) is 0 Å². The van der Waals surface area contributed by atoms with Crippen molar-refractivity contribution in [2.75, 3.05) is 0 Å². The van der Waals surface area contributed by atoms with Gasteiger partial charge in [-0.1, -0.05) is 107 Å². The third-order valence-corrected chi connectivity index (χ3v) is 6.42. The van der Waals surface area contributed by atoms with Crippen LogP contribution in [0.4, 0.5) is 0 Å². The number of fused-ring (bicyclic) bond motifs is 3. The van der Waals surface area contributed by atoms with Gasteiger partial charge in [-0.2, -0.15) is 0 Å². The number of hydrogen-bond donors (Lipinski definition) is 0. The standard InChI is InChI=1S/C29H26/c1-19-5-11-23(12-6-19)29(24-13-7-20(2)8-14-24)27-17-21(3)9-15-25(27)26-16-10-22(4)18-28(26)29/h5-18H,1-4H3. The summed E-state index contributed by atoms with van der Waals surface area (Å²) in [5.74, 6) is 0. The van der Waals surface area contributed by atoms with Crippen LogP contribution in [0.5, 0.6) is 0 Å². The maximum Gasteiger partial charge on any atom is 0.0713 e. The van der Waals surface area contributed by atoms with Crippen molar-refractivity contribution in [2.45, 2.75) is 33.1 Å². The summed E-state index contributed by atoms with van der Waals surface area (Å²) in [5.41, 5.74) is 13.1. The second-order valence-corrected chi connectivity index (χ2v) is 8.58. The Kier molecular flexibility index (Phi) is 3.99. The smallest absolute Gasteiger partial charge is 0.0590 e. The molecule has 0 atom stereocenters. The average Bonchev–Trinajstić information content (AvgIpc) is 2.99. The van der Waals surface area contributed by atoms with Gasteiger partial charge in [-0.25, -0.2) is 0 Å². The van der Waals surface area contributed by atoms with Crippen LogP contribution < -0.4 is 0 Å². The molecule has 0 spiro atoms. The summed E-state index contributed by atoms with van der Waals surface area (Å²) < 4.78 is 0. The van der Waals surface area contributed by atoms with E-state index >= 15 is 0 Å². The van der Waals surface area contributed by atoms with E-state index in [-0.39, 0.29) is 5.41 Å². The first kappa shape index (κ1) is 17.9. The lowest BCUT2D eigenvalue weighted by Crippen LogP contribution is -2.28. The van der Waals surface area contributed by atoms with Gasteiger partial charge in [-0.15, -0.1) is 0 Å². The molecular formula is C29H26. The lowest BCUT2D eigenvalue weighted by atomic mass is 9.67. The molecule has 4 aromatic carbocycles. The molecule has 0 amide bonds. The zero-order valence-electron chi connectivity index (χ0n) is 17.6. The maximum absolute atomic E-state index is 2.39. The van der Waals surface area contributed by atoms with E-state index in [1.54, 1.807) is 0 Å². The molecule has 0 radical (unpaired) electrons. The number of aryl methyl sites for hydroxylation is 4. The van der Waals surface area contributed by atoms with Crippen molar-refractivity contribution in [1.29, 1.82) is 0 Å². The summed E-state index contributed by atoms with van der Waals surface area (Å²) in [7, 11) is 0. The molecule has 1 aliphatic rings. The molecule has 1 aliphatic carbocycles. The van der Waals surface area contributed by atoms with E-state index in [4.69, 9.17) is 0 Å². The molecule has 0 saturated carbocycles. The first-order valence-electron chi connectivity index (χ1n) is 10.4. The van der Waals surface area contributed by atoms with Crippen molar-refractivity contribution >= 4 is 0 Å². The van der Waals surface area contributed by atoms with Gasteiger partial charge in [0.05, 0.1) is 5.41 Å². The predicted octanol–water partition coefficient (Wildman–Crippen LogP) is 7.28. The van der Waals surface area contributed by atoms with E-state index in [2.05, 4.69) is 113 Å². The fourth-order valence-electron chi connectivity index (χ4n) is 4.95. The van der Waals surface area contributed by atoms with Gasteiger partial charge in [-0.05, 0) is 61.1 Å². The summed E-state index contributed by atoms with van der Waals surface area (Å²) in [5, 5.41) is 0. The van der Waals surface area contributed by atoms with E-state index in [0.717, 1.165) is 0 Å². The first-order chi connectivity index (χ1) is 14.0. The largest absolute Gasteiger partial charge is 0.0713 e. The highest BCUT2D eigenvalue weighted by atomic mass is 14.5. The molecule has 0 heteroatoms. The topological polar surface area (TPSA) is 0 Å². The summed E-state index contributed by atoms with van der Waals surface area (Å²) in [6, 6.07) is 32.1. The van der Waals surface area contributed by atoms with Crippen LogP contribution in [0.1, 0.15) is 44.5 Å². The van der Waals surface area contributed by atoms with Gasteiger partial charge < -0.3 is 0 Å². The molecule has 0 saturated heterocycles. The zero-order chi connectivity index (χ0) is 20.2. The number of rotatable bonds is 2. The molecule has 0 heterocycles. The van der Waals surface area contributed by atoms with Crippen LogP contribution in [-0.4, -0.2) is 0 Å². The lowest BCUT2D eigenvalue weighted by molar-refractivity contribution is 0.765. The summed E-state index contributed by atoms with van der Waals surface area (Å²) in [6.07, 6.45) is 0. The van der Waals surface area contributed by atoms with Gasteiger partial charge in [0, 0.05) is 0 Å². The minimum atomic E-state index is -0.288. The van der Waals surface area contributed by atoms with Gasteiger partial charge in [-0.3, -0.25) is 0 Å². The Morgan fingerprint density at radius 3 is 1.14 bits per heavy atom. The fourth-order valence-corrected chi connectivity index (χ4v) is 4.95. The Morgan fingerprint density at radius 1 is 0.414 bits per heavy atom. The third kappa shape index (κ3) is 2.59. The van der Waals surface area contributed by atoms with Crippen LogP contribution in [0.15, 0.2) is 84.9 Å². The molecule has 0 fully saturated rings. The second-order valence-electron chi connectivity index (χ2n) is 8.58. The minimum absolute atomic E-state index is 0.288. The van der Waals surface area contributed by atoms with Gasteiger partial charge in [0.15, 0.2) is 0 Å². The molecule has 0 N–H and O–H groups in total. The lowest BCUT2D eigenvalue weighted by Gasteiger charge is -2.34. The van der Waals surface area contributed by atoms with Crippen molar-refractivity contribution in [3.05, 3.63) is 129 Å². The molecule has 0 aromatic heterocycles. The van der Waals surface area contributed by atoms with Crippen molar-refractivity contribution in [3.63, 3.8) is 0 Å². The second kappa shape index (κ2) is 6.46. The fraction of sp³-hybridized carbons (Fsp3) is 0.172. The van der Waals surface area contributed by atoms with Gasteiger partial charge in [0.25, 0.3) is 0 Å². The van der Waals surface area contributed by atoms with Crippen LogP contribution in [0, 0.1) is 27.7 Å². The monoisotopic (exact) mass is 374 g/mol. The van der Waals surface area contributed by atoms with Gasteiger partial charge >= 0.3 is 0 Å². The predicted molar refractivity (Wildman–Crippen MR) is 123 cm³/mol. The van der Waals surface area contributed by atoms with Crippen LogP contribution >= 0.6 is 0 Å². The van der Waals surface area contributed by atoms with Crippen LogP contribution in [0.2, 0.25) is 0 Å². The number of benzene rings is 4. The Labute approximate surface area is 173 Å². The normalized spacial score (nSPS) is 13.8. The SMILES string of the molecule is Cc1ccc(C2(c3ccc(C)cc3)c3cc(C)ccc3-c3ccc(C)cc32)cc1. The Balaban J connectivity index is 1.97. The van der Waals surface area contributed by atoms with Crippen LogP contribution in [-0.2, 0) is 5.41 Å². The molecule has 5 rings (SSSR count). The summed E-state index contributed by atoms with van der Waals surface area (Å²) in [4.78, 5) is 0. The summed E-state index contributed by atoms with van der Waals surface area (Å²) >= 11 is 0. The molecule has 29 heavy (non-hydrogen) atoms. The highest BCUT2D eigenvalue weighted by molar-refractivity contribution is 5.86. The Hall–Kier alpha value is -3.12. The van der Waals surface area contributed by atoms with E-state index < -0.39 is 0 Å². The van der Waals surface area contributed by atoms with Gasteiger partial charge in [0.1, 0.15) is 0 Å². The zero-order valence-corrected chi connectivity index (χ0v) is 17.6. The van der Waals surface area contributed by atoms with E-state index in [1.165, 1.54) is 55.6 Å². The van der Waals surface area contributed by atoms with Crippen LogP contribution in [0.25, 0.3) is 11.1 Å². The Bertz CT molecular complexity index is 1110. The maximum atomic E-state index is 2.39. The summed E-state index contributed by atoms with van der Waals surface area (Å²) in [6.45, 7) is 8.72. The van der Waals surface area contributed by atoms with Gasteiger partial charge in [0.2, 0.25) is 0 Å². The van der Waals surface area contributed by atoms with E-state index in [0.29, 0.717) is 0 Å². The first-order valence-corrected chi connectivity index (χ1v) is 10.4. The minimum Gasteiger partial charge on any atom is -0.0590 e. The Morgan fingerprint density at radius 2 is 0.759 bits per heavy atom. The van der Waals surface area contributed by atoms with Crippen molar-refractivity contribution in [3.8, 4) is 11.1 Å². The van der Waals surface area contributed by atoms with Crippen molar-refractivity contribution < 1.29 is 0 Å². The molecule has 142 valence electrons. The van der Waals surface area contributed by atoms with E-state index in [9.17, 15) is 0 Å². The average molecular weight is 375 g/mol. The molecule has 0 bridgehead atoms. The quantitative estimate of drug-likeness (QED) is 0.304. The van der Waals surface area contributed by atoms with Crippen LogP contribution in [0.3, 0.4) is 0 Å². The third-order valence-electron chi connectivity index (χ3n) is 6.42.